The summed E-state index contributed by atoms with van der Waals surface area (Å²) in [5.41, 5.74) is -0.415. The van der Waals surface area contributed by atoms with Gasteiger partial charge in [0.05, 0.1) is 10.6 Å². The summed E-state index contributed by atoms with van der Waals surface area (Å²) in [6, 6.07) is 10.1. The maximum absolute atomic E-state index is 12.2. The summed E-state index contributed by atoms with van der Waals surface area (Å²) in [5, 5.41) is 18.8. The number of aromatic nitrogens is 1. The predicted octanol–water partition coefficient (Wildman–Crippen LogP) is 1.61. The lowest BCUT2D eigenvalue weighted by Crippen LogP contribution is -2.14. The van der Waals surface area contributed by atoms with Gasteiger partial charge in [0.25, 0.3) is 0 Å². The van der Waals surface area contributed by atoms with Gasteiger partial charge in [-0.3, -0.25) is 5.21 Å². The largest absolute Gasteiger partial charge is 0.733 e. The van der Waals surface area contributed by atoms with Crippen molar-refractivity contribution in [3.05, 3.63) is 53.9 Å². The second-order valence-electron chi connectivity index (χ2n) is 3.42. The number of nitrogens with zero attached hydrogens (tertiary/aromatic N) is 2. The highest BCUT2D eigenvalue weighted by Gasteiger charge is 2.22. The highest BCUT2D eigenvalue weighted by molar-refractivity contribution is 7.91. The molecule has 0 bridgehead atoms. The van der Waals surface area contributed by atoms with E-state index in [0.29, 0.717) is 0 Å². The van der Waals surface area contributed by atoms with Crippen LogP contribution in [0, 0.1) is 5.21 Å². The lowest BCUT2D eigenvalue weighted by atomic mass is 10.4. The minimum Gasteiger partial charge on any atom is -0.733 e. The van der Waals surface area contributed by atoms with E-state index < -0.39 is 25.8 Å². The molecule has 7 heteroatoms. The Balaban J connectivity index is 2.63. The number of anilines is 1. The van der Waals surface area contributed by atoms with E-state index in [-0.39, 0.29) is 4.90 Å². The standard InChI is InChI=1S/C11H9N2O4S/c14-13(15)10-7-4-8-12-11(10)18(16,17)9-5-2-1-3-6-9/h1-8,14H/q-1. The average molecular weight is 265 g/mol. The first-order valence-corrected chi connectivity index (χ1v) is 6.43. The number of rotatable bonds is 3. The Morgan fingerprint density at radius 3 is 2.39 bits per heavy atom. The Bertz CT molecular complexity index is 641. The van der Waals surface area contributed by atoms with Crippen molar-refractivity contribution in [1.29, 1.82) is 0 Å². The molecular weight excluding hydrogens is 256 g/mol. The summed E-state index contributed by atoms with van der Waals surface area (Å²) in [7, 11) is -3.93. The molecule has 18 heavy (non-hydrogen) atoms. The van der Waals surface area contributed by atoms with Crippen LogP contribution < -0.4 is 5.23 Å². The molecule has 1 N–H and O–H groups in total. The molecule has 0 fully saturated rings. The van der Waals surface area contributed by atoms with Gasteiger partial charge in [-0.2, -0.15) is 0 Å². The third-order valence-electron chi connectivity index (χ3n) is 2.27. The molecule has 1 aromatic carbocycles. The van der Waals surface area contributed by atoms with Crippen LogP contribution >= 0.6 is 0 Å². The topological polar surface area (TPSA) is 93.6 Å². The minimum atomic E-state index is -3.93. The monoisotopic (exact) mass is 265 g/mol. The molecule has 1 heterocycles. The number of sulfone groups is 1. The summed E-state index contributed by atoms with van der Waals surface area (Å²) < 4.78 is 24.4. The van der Waals surface area contributed by atoms with E-state index in [4.69, 9.17) is 5.21 Å². The summed E-state index contributed by atoms with van der Waals surface area (Å²) in [6.07, 6.45) is 1.24. The van der Waals surface area contributed by atoms with Crippen molar-refractivity contribution in [2.75, 3.05) is 5.23 Å². The third-order valence-corrected chi connectivity index (χ3v) is 3.98. The van der Waals surface area contributed by atoms with Crippen molar-refractivity contribution in [2.24, 2.45) is 0 Å². The Morgan fingerprint density at radius 2 is 1.78 bits per heavy atom. The summed E-state index contributed by atoms with van der Waals surface area (Å²) in [6.45, 7) is 0. The molecular formula is C11H9N2O4S-. The van der Waals surface area contributed by atoms with Crippen molar-refractivity contribution < 1.29 is 13.6 Å². The van der Waals surface area contributed by atoms with E-state index in [0.717, 1.165) is 0 Å². The van der Waals surface area contributed by atoms with E-state index in [1.807, 2.05) is 0 Å². The second kappa shape index (κ2) is 4.73. The molecule has 6 nitrogen and oxygen atoms in total. The lowest BCUT2D eigenvalue weighted by molar-refractivity contribution is 0.293. The maximum atomic E-state index is 12.2. The van der Waals surface area contributed by atoms with Crippen molar-refractivity contribution in [3.8, 4) is 0 Å². The van der Waals surface area contributed by atoms with Crippen molar-refractivity contribution >= 4 is 15.5 Å². The minimum absolute atomic E-state index is 0.00630. The molecule has 2 aromatic rings. The SMILES string of the molecule is O=S(=O)(c1ccccc1)c1ncccc1N([O-])O. The molecule has 0 unspecified atom stereocenters. The van der Waals surface area contributed by atoms with Gasteiger partial charge in [0, 0.05) is 6.20 Å². The molecule has 1 aromatic heterocycles. The van der Waals surface area contributed by atoms with Crippen LogP contribution in [0.5, 0.6) is 0 Å². The quantitative estimate of drug-likeness (QED) is 0.847. The smallest absolute Gasteiger partial charge is 0.225 e. The number of hydrogen-bond donors (Lipinski definition) is 1. The van der Waals surface area contributed by atoms with Gasteiger partial charge < -0.3 is 10.4 Å². The van der Waals surface area contributed by atoms with Crippen LogP contribution in [-0.2, 0) is 9.84 Å². The molecule has 0 spiro atoms. The molecule has 0 aliphatic rings. The lowest BCUT2D eigenvalue weighted by Gasteiger charge is -2.23. The van der Waals surface area contributed by atoms with Gasteiger partial charge in [-0.05, 0) is 24.3 Å². The molecule has 0 saturated carbocycles. The Hall–Kier alpha value is -1.96. The van der Waals surface area contributed by atoms with E-state index in [9.17, 15) is 13.6 Å². The molecule has 2 rings (SSSR count). The number of benzene rings is 1. The van der Waals surface area contributed by atoms with Crippen LogP contribution in [0.3, 0.4) is 0 Å². The zero-order valence-electron chi connectivity index (χ0n) is 9.09. The van der Waals surface area contributed by atoms with E-state index >= 15 is 0 Å². The number of pyridine rings is 1. The highest BCUT2D eigenvalue weighted by Crippen LogP contribution is 2.26. The molecule has 0 atom stereocenters. The fourth-order valence-corrected chi connectivity index (χ4v) is 2.81. The molecule has 0 aliphatic carbocycles. The normalized spacial score (nSPS) is 11.2. The van der Waals surface area contributed by atoms with Gasteiger partial charge in [0.2, 0.25) is 9.84 Å². The van der Waals surface area contributed by atoms with E-state index in [1.54, 1.807) is 18.2 Å². The van der Waals surface area contributed by atoms with Gasteiger partial charge in [0.15, 0.2) is 5.03 Å². The van der Waals surface area contributed by atoms with Gasteiger partial charge in [-0.25, -0.2) is 13.4 Å². The Kier molecular flexibility index (Phi) is 3.28. The van der Waals surface area contributed by atoms with Gasteiger partial charge >= 0.3 is 0 Å². The van der Waals surface area contributed by atoms with E-state index in [2.05, 4.69) is 4.98 Å². The number of hydrogen-bond acceptors (Lipinski definition) is 6. The first-order chi connectivity index (χ1) is 8.53. The molecule has 94 valence electrons. The fourth-order valence-electron chi connectivity index (χ4n) is 1.45. The van der Waals surface area contributed by atoms with Crippen LogP contribution in [0.2, 0.25) is 0 Å². The van der Waals surface area contributed by atoms with Gasteiger partial charge in [0.1, 0.15) is 0 Å². The summed E-state index contributed by atoms with van der Waals surface area (Å²) in [4.78, 5) is 3.66. The molecule has 0 aliphatic heterocycles. The molecule has 0 saturated heterocycles. The van der Waals surface area contributed by atoms with Crippen LogP contribution in [-0.4, -0.2) is 18.6 Å². The zero-order chi connectivity index (χ0) is 13.2. The van der Waals surface area contributed by atoms with Crippen LogP contribution in [0.4, 0.5) is 5.69 Å². The maximum Gasteiger partial charge on any atom is 0.225 e. The van der Waals surface area contributed by atoms with Gasteiger partial charge in [-0.15, -0.1) is 0 Å². The fraction of sp³-hybridized carbons (Fsp3) is 0. The van der Waals surface area contributed by atoms with Crippen LogP contribution in [0.1, 0.15) is 0 Å². The Morgan fingerprint density at radius 1 is 1.11 bits per heavy atom. The first kappa shape index (κ1) is 12.5. The second-order valence-corrected chi connectivity index (χ2v) is 5.28. The van der Waals surface area contributed by atoms with Crippen LogP contribution in [0.15, 0.2) is 58.6 Å². The van der Waals surface area contributed by atoms with Crippen LogP contribution in [0.25, 0.3) is 0 Å². The summed E-state index contributed by atoms with van der Waals surface area (Å²) >= 11 is 0. The van der Waals surface area contributed by atoms with Crippen molar-refractivity contribution in [3.63, 3.8) is 0 Å². The average Bonchev–Trinajstić information content (AvgIpc) is 2.39. The Labute approximate surface area is 104 Å². The van der Waals surface area contributed by atoms with Crippen molar-refractivity contribution in [1.82, 2.24) is 4.98 Å². The zero-order valence-corrected chi connectivity index (χ0v) is 9.91. The third kappa shape index (κ3) is 2.19. The predicted molar refractivity (Wildman–Crippen MR) is 63.8 cm³/mol. The van der Waals surface area contributed by atoms with E-state index in [1.165, 1.54) is 30.5 Å². The molecule has 0 radical (unpaired) electrons. The summed E-state index contributed by atoms with van der Waals surface area (Å²) in [5.74, 6) is 0. The first-order valence-electron chi connectivity index (χ1n) is 4.95. The molecule has 0 amide bonds. The van der Waals surface area contributed by atoms with Crippen molar-refractivity contribution in [2.45, 2.75) is 9.92 Å². The van der Waals surface area contributed by atoms with Gasteiger partial charge in [-0.1, -0.05) is 18.2 Å². The highest BCUT2D eigenvalue weighted by atomic mass is 32.2.